The van der Waals surface area contributed by atoms with Crippen LogP contribution in [0.5, 0.6) is 11.5 Å². The predicted octanol–water partition coefficient (Wildman–Crippen LogP) is 4.85. The van der Waals surface area contributed by atoms with E-state index in [2.05, 4.69) is 10.6 Å². The Hall–Kier alpha value is -3.84. The lowest BCUT2D eigenvalue weighted by Crippen LogP contribution is -2.42. The van der Waals surface area contributed by atoms with E-state index in [4.69, 9.17) is 16.3 Å². The zero-order valence-electron chi connectivity index (χ0n) is 18.1. The molecule has 1 aliphatic rings. The largest absolute Gasteiger partial charge is 0.456 e. The number of hydrogen-bond acceptors (Lipinski definition) is 4. The van der Waals surface area contributed by atoms with Gasteiger partial charge in [0.1, 0.15) is 23.6 Å². The number of imide groups is 1. The molecule has 0 unspecified atom stereocenters. The van der Waals surface area contributed by atoms with Crippen molar-refractivity contribution in [2.75, 3.05) is 11.9 Å². The molecule has 7 nitrogen and oxygen atoms in total. The first kappa shape index (κ1) is 22.4. The molecule has 0 spiro atoms. The number of hydrogen-bond donors (Lipinski definition) is 2. The predicted molar refractivity (Wildman–Crippen MR) is 125 cm³/mol. The van der Waals surface area contributed by atoms with Gasteiger partial charge in [0.25, 0.3) is 5.91 Å². The van der Waals surface area contributed by atoms with Gasteiger partial charge in [-0.2, -0.15) is 0 Å². The minimum absolute atomic E-state index is 0.399. The summed E-state index contributed by atoms with van der Waals surface area (Å²) in [5, 5.41) is 5.88. The highest BCUT2D eigenvalue weighted by Gasteiger charge is 2.49. The first-order valence-corrected chi connectivity index (χ1v) is 10.7. The SMILES string of the molecule is Cc1ccc([C@]2(C)NC(=O)N(CC(=O)Nc3ccc(Oc4ccccc4Cl)cc3)C2=O)cc1. The third-order valence-electron chi connectivity index (χ3n) is 5.41. The number of anilines is 1. The van der Waals surface area contributed by atoms with E-state index < -0.39 is 29.9 Å². The standard InChI is InChI=1S/C25H22ClN3O4/c1-16-7-9-17(10-8-16)25(2)23(31)29(24(32)28-25)15-22(30)27-18-11-13-19(14-12-18)33-21-6-4-3-5-20(21)26/h3-14H,15H2,1-2H3,(H,27,30)(H,28,32)/t25-/m0/s1. The molecule has 1 saturated heterocycles. The van der Waals surface area contributed by atoms with Crippen LogP contribution in [0.2, 0.25) is 5.02 Å². The third kappa shape index (κ3) is 4.68. The number of benzene rings is 3. The third-order valence-corrected chi connectivity index (χ3v) is 5.72. The number of ether oxygens (including phenoxy) is 1. The van der Waals surface area contributed by atoms with E-state index in [-0.39, 0.29) is 0 Å². The van der Waals surface area contributed by atoms with Crippen LogP contribution in [-0.4, -0.2) is 29.3 Å². The number of nitrogens with one attached hydrogen (secondary N) is 2. The van der Waals surface area contributed by atoms with Crippen molar-refractivity contribution in [3.63, 3.8) is 0 Å². The van der Waals surface area contributed by atoms with E-state index in [1.807, 2.05) is 31.2 Å². The highest BCUT2D eigenvalue weighted by Crippen LogP contribution is 2.30. The zero-order chi connectivity index (χ0) is 23.6. The number of aryl methyl sites for hydroxylation is 1. The van der Waals surface area contributed by atoms with Gasteiger partial charge in [0.15, 0.2) is 0 Å². The molecular formula is C25H22ClN3O4. The second kappa shape index (κ2) is 8.96. The fourth-order valence-electron chi connectivity index (χ4n) is 3.53. The Bertz CT molecular complexity index is 1210. The van der Waals surface area contributed by atoms with E-state index in [1.165, 1.54) is 0 Å². The van der Waals surface area contributed by atoms with Gasteiger partial charge in [-0.25, -0.2) is 4.79 Å². The maximum Gasteiger partial charge on any atom is 0.325 e. The number of urea groups is 1. The van der Waals surface area contributed by atoms with Gasteiger partial charge in [0.05, 0.1) is 5.02 Å². The van der Waals surface area contributed by atoms with Crippen molar-refractivity contribution in [1.82, 2.24) is 10.2 Å². The van der Waals surface area contributed by atoms with E-state index in [1.54, 1.807) is 55.5 Å². The molecule has 8 heteroatoms. The molecule has 4 rings (SSSR count). The molecule has 1 aliphatic heterocycles. The van der Waals surface area contributed by atoms with Crippen LogP contribution in [0.1, 0.15) is 18.1 Å². The minimum Gasteiger partial charge on any atom is -0.456 e. The summed E-state index contributed by atoms with van der Waals surface area (Å²) in [5.74, 6) is 0.0941. The number of para-hydroxylation sites is 1. The molecule has 1 heterocycles. The van der Waals surface area contributed by atoms with Crippen LogP contribution >= 0.6 is 11.6 Å². The molecule has 2 N–H and O–H groups in total. The van der Waals surface area contributed by atoms with E-state index in [0.29, 0.717) is 27.8 Å². The molecule has 33 heavy (non-hydrogen) atoms. The van der Waals surface area contributed by atoms with Crippen LogP contribution in [0.15, 0.2) is 72.8 Å². The van der Waals surface area contributed by atoms with Gasteiger partial charge in [0, 0.05) is 5.69 Å². The summed E-state index contributed by atoms with van der Waals surface area (Å²) in [7, 11) is 0. The molecule has 1 atom stereocenters. The Morgan fingerprint density at radius 2 is 1.70 bits per heavy atom. The van der Waals surface area contributed by atoms with Crippen molar-refractivity contribution in [3.8, 4) is 11.5 Å². The van der Waals surface area contributed by atoms with Gasteiger partial charge in [-0.3, -0.25) is 14.5 Å². The lowest BCUT2D eigenvalue weighted by molar-refractivity contribution is -0.133. The van der Waals surface area contributed by atoms with Crippen molar-refractivity contribution in [1.29, 1.82) is 0 Å². The van der Waals surface area contributed by atoms with Crippen LogP contribution in [0.25, 0.3) is 0 Å². The fraction of sp³-hybridized carbons (Fsp3) is 0.160. The first-order valence-electron chi connectivity index (χ1n) is 10.3. The molecular weight excluding hydrogens is 442 g/mol. The van der Waals surface area contributed by atoms with Crippen molar-refractivity contribution in [2.45, 2.75) is 19.4 Å². The average Bonchev–Trinajstić information content (AvgIpc) is 3.01. The van der Waals surface area contributed by atoms with Crippen molar-refractivity contribution < 1.29 is 19.1 Å². The second-order valence-corrected chi connectivity index (χ2v) is 8.32. The molecule has 0 saturated carbocycles. The van der Waals surface area contributed by atoms with E-state index in [0.717, 1.165) is 10.5 Å². The molecule has 0 radical (unpaired) electrons. The maximum atomic E-state index is 13.0. The topological polar surface area (TPSA) is 87.7 Å². The average molecular weight is 464 g/mol. The summed E-state index contributed by atoms with van der Waals surface area (Å²) < 4.78 is 5.73. The van der Waals surface area contributed by atoms with Gasteiger partial charge in [-0.1, -0.05) is 53.6 Å². The number of carbonyl (C=O) groups excluding carboxylic acids is 3. The molecule has 1 fully saturated rings. The van der Waals surface area contributed by atoms with Crippen LogP contribution in [0, 0.1) is 6.92 Å². The summed E-state index contributed by atoms with van der Waals surface area (Å²) in [5.41, 5.74) is 0.977. The van der Waals surface area contributed by atoms with Crippen molar-refractivity contribution in [3.05, 3.63) is 88.9 Å². The fourth-order valence-corrected chi connectivity index (χ4v) is 3.70. The smallest absolute Gasteiger partial charge is 0.325 e. The zero-order valence-corrected chi connectivity index (χ0v) is 18.8. The quantitative estimate of drug-likeness (QED) is 0.512. The summed E-state index contributed by atoms with van der Waals surface area (Å²) in [6.45, 7) is 3.17. The van der Waals surface area contributed by atoms with E-state index in [9.17, 15) is 14.4 Å². The minimum atomic E-state index is -1.22. The first-order chi connectivity index (χ1) is 15.8. The molecule has 0 aliphatic carbocycles. The summed E-state index contributed by atoms with van der Waals surface area (Å²) in [6.07, 6.45) is 0. The van der Waals surface area contributed by atoms with Crippen LogP contribution in [-0.2, 0) is 15.1 Å². The Balaban J connectivity index is 1.39. The molecule has 0 aromatic heterocycles. The number of rotatable bonds is 6. The number of nitrogens with zero attached hydrogens (tertiary/aromatic N) is 1. The van der Waals surface area contributed by atoms with E-state index >= 15 is 0 Å². The Morgan fingerprint density at radius 1 is 1.03 bits per heavy atom. The summed E-state index contributed by atoms with van der Waals surface area (Å²) in [6, 6.07) is 20.5. The maximum absolute atomic E-state index is 13.0. The molecule has 3 aromatic rings. The molecule has 3 aromatic carbocycles. The number of amides is 4. The normalized spacial score (nSPS) is 17.6. The molecule has 168 valence electrons. The van der Waals surface area contributed by atoms with Crippen molar-refractivity contribution >= 4 is 35.1 Å². The van der Waals surface area contributed by atoms with Gasteiger partial charge < -0.3 is 15.4 Å². The van der Waals surface area contributed by atoms with Gasteiger partial charge in [-0.15, -0.1) is 0 Å². The lowest BCUT2D eigenvalue weighted by Gasteiger charge is -2.22. The summed E-state index contributed by atoms with van der Waals surface area (Å²) in [4.78, 5) is 38.9. The highest BCUT2D eigenvalue weighted by molar-refractivity contribution is 6.32. The van der Waals surface area contributed by atoms with Gasteiger partial charge in [-0.05, 0) is 55.8 Å². The Morgan fingerprint density at radius 3 is 2.36 bits per heavy atom. The van der Waals surface area contributed by atoms with Gasteiger partial charge in [0.2, 0.25) is 5.91 Å². The second-order valence-electron chi connectivity index (χ2n) is 7.92. The van der Waals surface area contributed by atoms with Crippen LogP contribution < -0.4 is 15.4 Å². The Labute approximate surface area is 196 Å². The lowest BCUT2D eigenvalue weighted by atomic mass is 9.91. The number of halogens is 1. The number of carbonyl (C=O) groups is 3. The molecule has 4 amide bonds. The monoisotopic (exact) mass is 463 g/mol. The van der Waals surface area contributed by atoms with Crippen LogP contribution in [0.4, 0.5) is 10.5 Å². The highest BCUT2D eigenvalue weighted by atomic mass is 35.5. The summed E-state index contributed by atoms with van der Waals surface area (Å²) >= 11 is 6.10. The van der Waals surface area contributed by atoms with Crippen molar-refractivity contribution in [2.24, 2.45) is 0 Å². The molecule has 0 bridgehead atoms. The Kier molecular flexibility index (Phi) is 6.07. The van der Waals surface area contributed by atoms with Crippen LogP contribution in [0.3, 0.4) is 0 Å². The van der Waals surface area contributed by atoms with Gasteiger partial charge >= 0.3 is 6.03 Å².